The van der Waals surface area contributed by atoms with Crippen LogP contribution >= 0.6 is 0 Å². The van der Waals surface area contributed by atoms with Crippen molar-refractivity contribution in [2.45, 2.75) is 49.8 Å². The SMILES string of the molecule is Cc1ccc(S(=O)(=O)N2CCC(NC(=O)C3Oc4ccccc4OC3C)CC2)cc1. The standard InChI is InChI=1S/C22H26N2O5S/c1-15-7-9-18(10-8-15)30(26,27)24-13-11-17(12-14-24)23-22(25)21-16(2)28-19-5-3-4-6-20(19)29-21/h3-10,16-17,21H,11-14H2,1-2H3,(H,23,25). The van der Waals surface area contributed by atoms with E-state index in [0.29, 0.717) is 42.3 Å². The van der Waals surface area contributed by atoms with E-state index in [-0.39, 0.29) is 11.9 Å². The Kier molecular flexibility index (Phi) is 5.71. The van der Waals surface area contributed by atoms with Crippen molar-refractivity contribution in [1.29, 1.82) is 0 Å². The summed E-state index contributed by atoms with van der Waals surface area (Å²) < 4.78 is 38.8. The molecule has 1 fully saturated rings. The van der Waals surface area contributed by atoms with Crippen molar-refractivity contribution in [1.82, 2.24) is 9.62 Å². The molecule has 1 amide bonds. The van der Waals surface area contributed by atoms with Crippen molar-refractivity contribution in [3.05, 3.63) is 54.1 Å². The minimum absolute atomic E-state index is 0.102. The van der Waals surface area contributed by atoms with Crippen LogP contribution in [-0.4, -0.2) is 50.0 Å². The highest BCUT2D eigenvalue weighted by Crippen LogP contribution is 2.33. The number of carbonyl (C=O) groups is 1. The van der Waals surface area contributed by atoms with Gasteiger partial charge in [-0.05, 0) is 51.0 Å². The van der Waals surface area contributed by atoms with Gasteiger partial charge in [-0.3, -0.25) is 4.79 Å². The van der Waals surface area contributed by atoms with Gasteiger partial charge in [0.05, 0.1) is 4.90 Å². The third kappa shape index (κ3) is 4.15. The molecular formula is C22H26N2O5S. The topological polar surface area (TPSA) is 84.9 Å². The Morgan fingerprint density at radius 1 is 1.00 bits per heavy atom. The number of hydrogen-bond acceptors (Lipinski definition) is 5. The number of piperidine rings is 1. The second-order valence-electron chi connectivity index (χ2n) is 7.81. The quantitative estimate of drug-likeness (QED) is 0.806. The van der Waals surface area contributed by atoms with Crippen molar-refractivity contribution >= 4 is 15.9 Å². The van der Waals surface area contributed by atoms with Crippen LogP contribution in [0.15, 0.2) is 53.4 Å². The zero-order chi connectivity index (χ0) is 21.3. The van der Waals surface area contributed by atoms with Gasteiger partial charge in [0.2, 0.25) is 16.1 Å². The molecule has 160 valence electrons. The van der Waals surface area contributed by atoms with Crippen molar-refractivity contribution in [2.24, 2.45) is 0 Å². The highest BCUT2D eigenvalue weighted by atomic mass is 32.2. The number of rotatable bonds is 4. The minimum Gasteiger partial charge on any atom is -0.482 e. The van der Waals surface area contributed by atoms with Crippen molar-refractivity contribution in [2.75, 3.05) is 13.1 Å². The van der Waals surface area contributed by atoms with E-state index < -0.39 is 22.2 Å². The first-order valence-electron chi connectivity index (χ1n) is 10.1. The van der Waals surface area contributed by atoms with Gasteiger partial charge in [0.15, 0.2) is 11.5 Å². The number of carbonyl (C=O) groups excluding carboxylic acids is 1. The van der Waals surface area contributed by atoms with E-state index in [2.05, 4.69) is 5.32 Å². The van der Waals surface area contributed by atoms with Gasteiger partial charge in [-0.1, -0.05) is 29.8 Å². The van der Waals surface area contributed by atoms with Gasteiger partial charge in [-0.25, -0.2) is 8.42 Å². The van der Waals surface area contributed by atoms with E-state index in [1.165, 1.54) is 4.31 Å². The maximum Gasteiger partial charge on any atom is 0.265 e. The number of nitrogens with zero attached hydrogens (tertiary/aromatic N) is 1. The van der Waals surface area contributed by atoms with Crippen LogP contribution in [0.3, 0.4) is 0 Å². The number of nitrogens with one attached hydrogen (secondary N) is 1. The Balaban J connectivity index is 1.35. The maximum atomic E-state index is 12.8. The van der Waals surface area contributed by atoms with Crippen LogP contribution in [0.25, 0.3) is 0 Å². The lowest BCUT2D eigenvalue weighted by molar-refractivity contribution is -0.134. The maximum absolute atomic E-state index is 12.8. The van der Waals surface area contributed by atoms with E-state index in [1.54, 1.807) is 37.3 Å². The molecule has 1 saturated heterocycles. The number of benzene rings is 2. The van der Waals surface area contributed by atoms with Crippen LogP contribution in [-0.2, 0) is 14.8 Å². The van der Waals surface area contributed by atoms with Crippen LogP contribution in [0.4, 0.5) is 0 Å². The Bertz CT molecular complexity index is 1010. The average Bonchev–Trinajstić information content (AvgIpc) is 2.74. The van der Waals surface area contributed by atoms with E-state index >= 15 is 0 Å². The lowest BCUT2D eigenvalue weighted by Gasteiger charge is -2.34. The molecule has 8 heteroatoms. The molecule has 4 rings (SSSR count). The van der Waals surface area contributed by atoms with Crippen molar-refractivity contribution in [3.63, 3.8) is 0 Å². The lowest BCUT2D eigenvalue weighted by Crippen LogP contribution is -2.53. The first-order valence-corrected chi connectivity index (χ1v) is 11.6. The summed E-state index contributed by atoms with van der Waals surface area (Å²) >= 11 is 0. The number of aryl methyl sites for hydroxylation is 1. The van der Waals surface area contributed by atoms with Gasteiger partial charge in [-0.2, -0.15) is 4.31 Å². The summed E-state index contributed by atoms with van der Waals surface area (Å²) in [5, 5.41) is 3.00. The first-order chi connectivity index (χ1) is 14.3. The number of para-hydroxylation sites is 2. The predicted molar refractivity (Wildman–Crippen MR) is 112 cm³/mol. The highest BCUT2D eigenvalue weighted by Gasteiger charge is 2.36. The van der Waals surface area contributed by atoms with Gasteiger partial charge in [-0.15, -0.1) is 0 Å². The molecular weight excluding hydrogens is 404 g/mol. The highest BCUT2D eigenvalue weighted by molar-refractivity contribution is 7.89. The zero-order valence-electron chi connectivity index (χ0n) is 17.1. The van der Waals surface area contributed by atoms with Crippen molar-refractivity contribution in [3.8, 4) is 11.5 Å². The summed E-state index contributed by atoms with van der Waals surface area (Å²) in [7, 11) is -3.52. The Morgan fingerprint density at radius 2 is 1.60 bits per heavy atom. The Labute approximate surface area is 177 Å². The van der Waals surface area contributed by atoms with Gasteiger partial charge in [0, 0.05) is 19.1 Å². The third-order valence-electron chi connectivity index (χ3n) is 5.56. The Hall–Kier alpha value is -2.58. The molecule has 2 aromatic carbocycles. The molecule has 2 atom stereocenters. The van der Waals surface area contributed by atoms with Crippen LogP contribution < -0.4 is 14.8 Å². The second kappa shape index (κ2) is 8.28. The van der Waals surface area contributed by atoms with Gasteiger partial charge in [0.1, 0.15) is 6.10 Å². The monoisotopic (exact) mass is 430 g/mol. The number of ether oxygens (including phenoxy) is 2. The van der Waals surface area contributed by atoms with E-state index in [1.807, 2.05) is 25.1 Å². The summed E-state index contributed by atoms with van der Waals surface area (Å²) in [4.78, 5) is 13.1. The van der Waals surface area contributed by atoms with E-state index in [0.717, 1.165) is 5.56 Å². The summed E-state index contributed by atoms with van der Waals surface area (Å²) in [5.74, 6) is 0.940. The molecule has 2 aliphatic rings. The van der Waals surface area contributed by atoms with Gasteiger partial charge >= 0.3 is 0 Å². The molecule has 2 aromatic rings. The third-order valence-corrected chi connectivity index (χ3v) is 7.47. The van der Waals surface area contributed by atoms with Crippen molar-refractivity contribution < 1.29 is 22.7 Å². The summed E-state index contributed by atoms with van der Waals surface area (Å²) in [5.41, 5.74) is 1.01. The minimum atomic E-state index is -3.52. The largest absolute Gasteiger partial charge is 0.482 e. The molecule has 1 N–H and O–H groups in total. The smallest absolute Gasteiger partial charge is 0.265 e. The fourth-order valence-electron chi connectivity index (χ4n) is 3.79. The first kappa shape index (κ1) is 20.7. The summed E-state index contributed by atoms with van der Waals surface area (Å²) in [6.07, 6.45) is -0.0544. The second-order valence-corrected chi connectivity index (χ2v) is 9.75. The zero-order valence-corrected chi connectivity index (χ0v) is 17.9. The molecule has 2 unspecified atom stereocenters. The molecule has 2 aliphatic heterocycles. The molecule has 0 aliphatic carbocycles. The molecule has 0 radical (unpaired) electrons. The molecule has 7 nitrogen and oxygen atoms in total. The number of sulfonamides is 1. The normalized spacial score (nSPS) is 22.5. The number of hydrogen-bond donors (Lipinski definition) is 1. The van der Waals surface area contributed by atoms with E-state index in [9.17, 15) is 13.2 Å². The van der Waals surface area contributed by atoms with Crippen LogP contribution in [0.5, 0.6) is 11.5 Å². The summed E-state index contributed by atoms with van der Waals surface area (Å²) in [6, 6.07) is 14.0. The number of fused-ring (bicyclic) bond motifs is 1. The fourth-order valence-corrected chi connectivity index (χ4v) is 5.26. The molecule has 0 aromatic heterocycles. The average molecular weight is 431 g/mol. The Morgan fingerprint density at radius 3 is 2.23 bits per heavy atom. The van der Waals surface area contributed by atoms with Crippen LogP contribution in [0, 0.1) is 6.92 Å². The molecule has 30 heavy (non-hydrogen) atoms. The summed E-state index contributed by atoms with van der Waals surface area (Å²) in [6.45, 7) is 4.45. The molecule has 0 saturated carbocycles. The molecule has 0 bridgehead atoms. The molecule has 0 spiro atoms. The van der Waals surface area contributed by atoms with E-state index in [4.69, 9.17) is 9.47 Å². The van der Waals surface area contributed by atoms with Gasteiger partial charge < -0.3 is 14.8 Å². The van der Waals surface area contributed by atoms with Crippen LogP contribution in [0.2, 0.25) is 0 Å². The van der Waals surface area contributed by atoms with Crippen LogP contribution in [0.1, 0.15) is 25.3 Å². The number of amides is 1. The van der Waals surface area contributed by atoms with Gasteiger partial charge in [0.25, 0.3) is 5.91 Å². The molecule has 2 heterocycles. The predicted octanol–water partition coefficient (Wildman–Crippen LogP) is 2.49. The lowest BCUT2D eigenvalue weighted by atomic mass is 10.1. The fraction of sp³-hybridized carbons (Fsp3) is 0.409.